The van der Waals surface area contributed by atoms with Crippen molar-refractivity contribution >= 4 is 11.8 Å². The average molecular weight is 270 g/mol. The van der Waals surface area contributed by atoms with Crippen LogP contribution < -0.4 is 5.32 Å². The lowest BCUT2D eigenvalue weighted by Gasteiger charge is -2.35. The zero-order valence-electron chi connectivity index (χ0n) is 12.2. The molecule has 0 radical (unpaired) electrons. The van der Waals surface area contributed by atoms with E-state index in [1.165, 1.54) is 63.4 Å². The number of nitrogens with one attached hydrogen (secondary N) is 1. The Balaban J connectivity index is 1.63. The van der Waals surface area contributed by atoms with E-state index >= 15 is 0 Å². The van der Waals surface area contributed by atoms with Gasteiger partial charge in [0.15, 0.2) is 0 Å². The minimum atomic E-state index is 0.721. The first-order valence-corrected chi connectivity index (χ1v) is 8.98. The van der Waals surface area contributed by atoms with E-state index in [9.17, 15) is 0 Å². The fourth-order valence-electron chi connectivity index (χ4n) is 3.24. The number of rotatable bonds is 5. The van der Waals surface area contributed by atoms with Crippen LogP contribution in [-0.4, -0.2) is 48.6 Å². The van der Waals surface area contributed by atoms with E-state index in [1.807, 2.05) is 0 Å². The summed E-state index contributed by atoms with van der Waals surface area (Å²) in [5, 5.41) is 3.83. The van der Waals surface area contributed by atoms with Gasteiger partial charge in [0.25, 0.3) is 0 Å². The van der Waals surface area contributed by atoms with Crippen molar-refractivity contribution in [1.29, 1.82) is 0 Å². The summed E-state index contributed by atoms with van der Waals surface area (Å²) in [5.74, 6) is 4.63. The molecule has 2 aliphatic rings. The van der Waals surface area contributed by atoms with Gasteiger partial charge in [0.1, 0.15) is 0 Å². The predicted molar refractivity (Wildman–Crippen MR) is 82.4 cm³/mol. The third-order valence-corrected chi connectivity index (χ3v) is 5.90. The molecule has 2 saturated heterocycles. The maximum absolute atomic E-state index is 3.83. The molecule has 0 aliphatic carbocycles. The van der Waals surface area contributed by atoms with E-state index in [4.69, 9.17) is 0 Å². The first-order chi connectivity index (χ1) is 8.79. The highest BCUT2D eigenvalue weighted by Gasteiger charge is 2.23. The van der Waals surface area contributed by atoms with Gasteiger partial charge < -0.3 is 10.2 Å². The van der Waals surface area contributed by atoms with Gasteiger partial charge >= 0.3 is 0 Å². The molecular formula is C15H30N2S. The van der Waals surface area contributed by atoms with Crippen molar-refractivity contribution in [3.8, 4) is 0 Å². The summed E-state index contributed by atoms with van der Waals surface area (Å²) in [6.45, 7) is 9.80. The average Bonchev–Trinajstić information content (AvgIpc) is 2.46. The van der Waals surface area contributed by atoms with E-state index in [-0.39, 0.29) is 0 Å². The molecule has 0 bridgehead atoms. The summed E-state index contributed by atoms with van der Waals surface area (Å²) in [5.41, 5.74) is 0. The van der Waals surface area contributed by atoms with Crippen molar-refractivity contribution in [2.75, 3.05) is 37.7 Å². The molecule has 0 saturated carbocycles. The third-order valence-electron chi connectivity index (χ3n) is 4.86. The number of thioether (sulfide) groups is 1. The van der Waals surface area contributed by atoms with Crippen molar-refractivity contribution in [3.63, 3.8) is 0 Å². The van der Waals surface area contributed by atoms with E-state index in [0.717, 1.165) is 17.9 Å². The SMILES string of the molecule is CCN1CCC(C(C)NCC2CCSCC2)CC1. The van der Waals surface area contributed by atoms with Crippen LogP contribution in [-0.2, 0) is 0 Å². The fourth-order valence-corrected chi connectivity index (χ4v) is 4.44. The summed E-state index contributed by atoms with van der Waals surface area (Å²) >= 11 is 2.13. The maximum atomic E-state index is 3.83. The van der Waals surface area contributed by atoms with Gasteiger partial charge in [0.2, 0.25) is 0 Å². The van der Waals surface area contributed by atoms with Crippen LogP contribution in [0.3, 0.4) is 0 Å². The molecule has 0 aromatic carbocycles. The summed E-state index contributed by atoms with van der Waals surface area (Å²) in [6.07, 6.45) is 5.64. The number of piperidine rings is 1. The highest BCUT2D eigenvalue weighted by Crippen LogP contribution is 2.24. The van der Waals surface area contributed by atoms with E-state index in [2.05, 4.69) is 35.8 Å². The Kier molecular flexibility index (Phi) is 6.33. The summed E-state index contributed by atoms with van der Waals surface area (Å²) in [6, 6.07) is 0.721. The van der Waals surface area contributed by atoms with Gasteiger partial charge in [-0.1, -0.05) is 6.92 Å². The molecule has 2 heterocycles. The molecule has 1 unspecified atom stereocenters. The van der Waals surface area contributed by atoms with Crippen LogP contribution in [0, 0.1) is 11.8 Å². The van der Waals surface area contributed by atoms with Crippen molar-refractivity contribution in [2.24, 2.45) is 11.8 Å². The van der Waals surface area contributed by atoms with Crippen molar-refractivity contribution in [2.45, 2.75) is 45.6 Å². The van der Waals surface area contributed by atoms with Crippen molar-refractivity contribution in [3.05, 3.63) is 0 Å². The summed E-state index contributed by atoms with van der Waals surface area (Å²) in [7, 11) is 0. The molecule has 2 nitrogen and oxygen atoms in total. The van der Waals surface area contributed by atoms with E-state index in [0.29, 0.717) is 0 Å². The number of nitrogens with zero attached hydrogens (tertiary/aromatic N) is 1. The lowest BCUT2D eigenvalue weighted by Crippen LogP contribution is -2.43. The lowest BCUT2D eigenvalue weighted by molar-refractivity contribution is 0.166. The van der Waals surface area contributed by atoms with Crippen LogP contribution >= 0.6 is 11.8 Å². The Hall–Kier alpha value is 0.270. The number of likely N-dealkylation sites (tertiary alicyclic amines) is 1. The molecule has 2 rings (SSSR count). The molecule has 2 fully saturated rings. The monoisotopic (exact) mass is 270 g/mol. The van der Waals surface area contributed by atoms with Crippen LogP contribution in [0.1, 0.15) is 39.5 Å². The van der Waals surface area contributed by atoms with E-state index < -0.39 is 0 Å². The molecule has 0 aromatic heterocycles. The Morgan fingerprint density at radius 1 is 1.17 bits per heavy atom. The standard InChI is InChI=1S/C15H30N2S/c1-3-17-8-4-15(5-9-17)13(2)16-12-14-6-10-18-11-7-14/h13-16H,3-12H2,1-2H3. The molecule has 1 atom stereocenters. The normalized spacial score (nSPS) is 26.3. The van der Waals surface area contributed by atoms with Gasteiger partial charge in [-0.25, -0.2) is 0 Å². The highest BCUT2D eigenvalue weighted by molar-refractivity contribution is 7.99. The Labute approximate surface area is 117 Å². The second-order valence-electron chi connectivity index (χ2n) is 6.02. The predicted octanol–water partition coefficient (Wildman–Crippen LogP) is 2.84. The molecular weight excluding hydrogens is 240 g/mol. The third kappa shape index (κ3) is 4.43. The molecule has 106 valence electrons. The Bertz CT molecular complexity index is 221. The lowest BCUT2D eigenvalue weighted by atomic mass is 9.90. The van der Waals surface area contributed by atoms with Crippen LogP contribution in [0.5, 0.6) is 0 Å². The zero-order chi connectivity index (χ0) is 12.8. The second kappa shape index (κ2) is 7.76. The molecule has 0 aromatic rings. The zero-order valence-corrected chi connectivity index (χ0v) is 13.0. The highest BCUT2D eigenvalue weighted by atomic mass is 32.2. The minimum absolute atomic E-state index is 0.721. The maximum Gasteiger partial charge on any atom is 0.00680 e. The second-order valence-corrected chi connectivity index (χ2v) is 7.25. The smallest absolute Gasteiger partial charge is 0.00680 e. The molecule has 3 heteroatoms. The van der Waals surface area contributed by atoms with Crippen LogP contribution in [0.2, 0.25) is 0 Å². The fraction of sp³-hybridized carbons (Fsp3) is 1.00. The molecule has 2 aliphatic heterocycles. The van der Waals surface area contributed by atoms with Gasteiger partial charge in [-0.05, 0) is 82.1 Å². The quantitative estimate of drug-likeness (QED) is 0.827. The minimum Gasteiger partial charge on any atom is -0.314 e. The van der Waals surface area contributed by atoms with Crippen molar-refractivity contribution < 1.29 is 0 Å². The Morgan fingerprint density at radius 3 is 2.44 bits per heavy atom. The topological polar surface area (TPSA) is 15.3 Å². The van der Waals surface area contributed by atoms with Gasteiger partial charge in [0.05, 0.1) is 0 Å². The first kappa shape index (κ1) is 14.7. The van der Waals surface area contributed by atoms with Gasteiger partial charge in [-0.3, -0.25) is 0 Å². The van der Waals surface area contributed by atoms with E-state index in [1.54, 1.807) is 0 Å². The molecule has 18 heavy (non-hydrogen) atoms. The van der Waals surface area contributed by atoms with Gasteiger partial charge in [-0.15, -0.1) is 0 Å². The van der Waals surface area contributed by atoms with Gasteiger partial charge in [-0.2, -0.15) is 11.8 Å². The van der Waals surface area contributed by atoms with Crippen LogP contribution in [0.4, 0.5) is 0 Å². The molecule has 0 spiro atoms. The first-order valence-electron chi connectivity index (χ1n) is 7.83. The summed E-state index contributed by atoms with van der Waals surface area (Å²) < 4.78 is 0. The summed E-state index contributed by atoms with van der Waals surface area (Å²) in [4.78, 5) is 2.58. The molecule has 1 N–H and O–H groups in total. The van der Waals surface area contributed by atoms with Crippen LogP contribution in [0.15, 0.2) is 0 Å². The number of hydrogen-bond donors (Lipinski definition) is 1. The van der Waals surface area contributed by atoms with Crippen LogP contribution in [0.25, 0.3) is 0 Å². The van der Waals surface area contributed by atoms with Crippen molar-refractivity contribution in [1.82, 2.24) is 10.2 Å². The number of hydrogen-bond acceptors (Lipinski definition) is 3. The van der Waals surface area contributed by atoms with Gasteiger partial charge in [0, 0.05) is 6.04 Å². The molecule has 0 amide bonds. The largest absolute Gasteiger partial charge is 0.314 e. The Morgan fingerprint density at radius 2 is 1.83 bits per heavy atom.